The van der Waals surface area contributed by atoms with E-state index < -0.39 is 0 Å². The quantitative estimate of drug-likeness (QED) is 0.628. The Balaban J connectivity index is 1.55. The van der Waals surface area contributed by atoms with Crippen LogP contribution >= 0.6 is 0 Å². The highest BCUT2D eigenvalue weighted by Crippen LogP contribution is 2.35. The van der Waals surface area contributed by atoms with Crippen LogP contribution in [0.3, 0.4) is 0 Å². The lowest BCUT2D eigenvalue weighted by atomic mass is 9.98. The van der Waals surface area contributed by atoms with E-state index in [-0.39, 0.29) is 18.4 Å². The van der Waals surface area contributed by atoms with Crippen LogP contribution in [0.5, 0.6) is 0 Å². The SMILES string of the molecule is O=C1C(c2ccccc2)=C(N2CCc3ccccc3C2)C(=O)N1Cc1ccccc1. The Morgan fingerprint density at radius 2 is 1.33 bits per heavy atom. The molecule has 0 saturated carbocycles. The molecular formula is C26H22N2O2. The number of amides is 2. The molecule has 30 heavy (non-hydrogen) atoms. The number of carbonyl (C=O) groups is 2. The molecule has 0 atom stereocenters. The summed E-state index contributed by atoms with van der Waals surface area (Å²) in [5.41, 5.74) is 5.30. The molecule has 0 radical (unpaired) electrons. The summed E-state index contributed by atoms with van der Waals surface area (Å²) in [7, 11) is 0. The van der Waals surface area contributed by atoms with Gasteiger partial charge >= 0.3 is 0 Å². The average Bonchev–Trinajstić information content (AvgIpc) is 3.05. The smallest absolute Gasteiger partial charge is 0.278 e. The maximum atomic E-state index is 13.5. The molecule has 0 spiro atoms. The van der Waals surface area contributed by atoms with Gasteiger partial charge in [0, 0.05) is 13.1 Å². The molecule has 0 fully saturated rings. The van der Waals surface area contributed by atoms with Gasteiger partial charge in [0.1, 0.15) is 5.70 Å². The first-order valence-corrected chi connectivity index (χ1v) is 10.2. The van der Waals surface area contributed by atoms with E-state index in [1.165, 1.54) is 16.0 Å². The summed E-state index contributed by atoms with van der Waals surface area (Å²) in [5, 5.41) is 0. The number of benzene rings is 3. The highest BCUT2D eigenvalue weighted by molar-refractivity contribution is 6.35. The first-order chi connectivity index (χ1) is 14.7. The fourth-order valence-electron chi connectivity index (χ4n) is 4.32. The minimum absolute atomic E-state index is 0.206. The second kappa shape index (κ2) is 7.64. The fourth-order valence-corrected chi connectivity index (χ4v) is 4.32. The largest absolute Gasteiger partial charge is 0.362 e. The summed E-state index contributed by atoms with van der Waals surface area (Å²) in [6.45, 7) is 1.64. The van der Waals surface area contributed by atoms with Crippen LogP contribution in [0.15, 0.2) is 90.6 Å². The molecule has 5 rings (SSSR count). The van der Waals surface area contributed by atoms with Crippen LogP contribution in [-0.4, -0.2) is 28.2 Å². The van der Waals surface area contributed by atoms with Crippen molar-refractivity contribution in [3.63, 3.8) is 0 Å². The summed E-state index contributed by atoms with van der Waals surface area (Å²) in [5.74, 6) is -0.425. The molecule has 0 unspecified atom stereocenters. The Morgan fingerprint density at radius 3 is 2.07 bits per heavy atom. The number of nitrogens with zero attached hydrogens (tertiary/aromatic N) is 2. The fraction of sp³-hybridized carbons (Fsp3) is 0.154. The molecule has 3 aromatic rings. The molecule has 0 bridgehead atoms. The summed E-state index contributed by atoms with van der Waals surface area (Å²) < 4.78 is 0. The first kappa shape index (κ1) is 18.4. The van der Waals surface area contributed by atoms with Crippen molar-refractivity contribution in [3.05, 3.63) is 113 Å². The van der Waals surface area contributed by atoms with Crippen molar-refractivity contribution < 1.29 is 9.59 Å². The van der Waals surface area contributed by atoms with Crippen LogP contribution in [0.2, 0.25) is 0 Å². The topological polar surface area (TPSA) is 40.6 Å². The third-order valence-electron chi connectivity index (χ3n) is 5.84. The van der Waals surface area contributed by atoms with Crippen LogP contribution in [0.4, 0.5) is 0 Å². The zero-order chi connectivity index (χ0) is 20.5. The second-order valence-corrected chi connectivity index (χ2v) is 7.71. The van der Waals surface area contributed by atoms with Crippen LogP contribution in [0.1, 0.15) is 22.3 Å². The summed E-state index contributed by atoms with van der Waals surface area (Å²) >= 11 is 0. The molecule has 2 aliphatic rings. The van der Waals surface area contributed by atoms with Crippen molar-refractivity contribution in [3.8, 4) is 0 Å². The van der Waals surface area contributed by atoms with E-state index in [1.54, 1.807) is 0 Å². The number of rotatable bonds is 4. The third kappa shape index (κ3) is 3.20. The van der Waals surface area contributed by atoms with Crippen LogP contribution in [-0.2, 0) is 29.1 Å². The molecule has 2 heterocycles. The van der Waals surface area contributed by atoms with Gasteiger partial charge in [-0.15, -0.1) is 0 Å². The minimum atomic E-state index is -0.219. The van der Waals surface area contributed by atoms with Crippen LogP contribution < -0.4 is 0 Å². The van der Waals surface area contributed by atoms with E-state index in [4.69, 9.17) is 0 Å². The standard InChI is InChI=1S/C26H22N2O2/c29-25-23(21-12-5-2-6-13-21)24(26(30)28(25)17-19-9-3-1-4-10-19)27-16-15-20-11-7-8-14-22(20)18-27/h1-14H,15-18H2. The molecular weight excluding hydrogens is 372 g/mol. The molecule has 0 saturated heterocycles. The van der Waals surface area contributed by atoms with Crippen molar-refractivity contribution in [2.45, 2.75) is 19.5 Å². The van der Waals surface area contributed by atoms with Crippen molar-refractivity contribution >= 4 is 17.4 Å². The predicted octanol–water partition coefficient (Wildman–Crippen LogP) is 4.03. The Kier molecular flexibility index (Phi) is 4.68. The van der Waals surface area contributed by atoms with Gasteiger partial charge in [-0.2, -0.15) is 0 Å². The third-order valence-corrected chi connectivity index (χ3v) is 5.84. The van der Waals surface area contributed by atoms with Gasteiger partial charge in [-0.3, -0.25) is 14.5 Å². The average molecular weight is 394 g/mol. The van der Waals surface area contributed by atoms with E-state index in [9.17, 15) is 9.59 Å². The number of hydrogen-bond donors (Lipinski definition) is 0. The van der Waals surface area contributed by atoms with Gasteiger partial charge in [-0.1, -0.05) is 84.9 Å². The van der Waals surface area contributed by atoms with Gasteiger partial charge in [0.15, 0.2) is 0 Å². The maximum absolute atomic E-state index is 13.5. The van der Waals surface area contributed by atoms with Crippen LogP contribution in [0.25, 0.3) is 5.57 Å². The van der Waals surface area contributed by atoms with E-state index in [2.05, 4.69) is 23.1 Å². The van der Waals surface area contributed by atoms with E-state index in [0.29, 0.717) is 17.8 Å². The van der Waals surface area contributed by atoms with Gasteiger partial charge in [0.2, 0.25) is 0 Å². The lowest BCUT2D eigenvalue weighted by molar-refractivity contribution is -0.138. The Bertz CT molecular complexity index is 1140. The van der Waals surface area contributed by atoms with E-state index >= 15 is 0 Å². The van der Waals surface area contributed by atoms with Gasteiger partial charge in [-0.25, -0.2) is 0 Å². The lowest BCUT2D eigenvalue weighted by Gasteiger charge is -2.31. The number of imide groups is 1. The Labute approximate surface area is 176 Å². The molecule has 0 aliphatic carbocycles. The molecule has 0 aromatic heterocycles. The summed E-state index contributed by atoms with van der Waals surface area (Å²) in [4.78, 5) is 30.4. The first-order valence-electron chi connectivity index (χ1n) is 10.2. The monoisotopic (exact) mass is 394 g/mol. The molecule has 4 nitrogen and oxygen atoms in total. The molecule has 148 valence electrons. The Morgan fingerprint density at radius 1 is 0.700 bits per heavy atom. The molecule has 2 aliphatic heterocycles. The van der Waals surface area contributed by atoms with E-state index in [0.717, 1.165) is 24.1 Å². The molecule has 4 heteroatoms. The second-order valence-electron chi connectivity index (χ2n) is 7.71. The highest BCUT2D eigenvalue weighted by Gasteiger charge is 2.42. The van der Waals surface area contributed by atoms with Crippen molar-refractivity contribution in [1.82, 2.24) is 9.80 Å². The van der Waals surface area contributed by atoms with Crippen molar-refractivity contribution in [2.24, 2.45) is 0 Å². The van der Waals surface area contributed by atoms with Gasteiger partial charge in [0.25, 0.3) is 11.8 Å². The normalized spacial score (nSPS) is 16.3. The van der Waals surface area contributed by atoms with Gasteiger partial charge in [-0.05, 0) is 28.7 Å². The lowest BCUT2D eigenvalue weighted by Crippen LogP contribution is -2.37. The number of hydrogen-bond acceptors (Lipinski definition) is 3. The zero-order valence-corrected chi connectivity index (χ0v) is 16.6. The highest BCUT2D eigenvalue weighted by atomic mass is 16.2. The predicted molar refractivity (Wildman–Crippen MR) is 116 cm³/mol. The molecule has 0 N–H and O–H groups in total. The number of fused-ring (bicyclic) bond motifs is 1. The Hall–Kier alpha value is -3.66. The van der Waals surface area contributed by atoms with Crippen molar-refractivity contribution in [1.29, 1.82) is 0 Å². The van der Waals surface area contributed by atoms with Crippen LogP contribution in [0, 0.1) is 0 Å². The maximum Gasteiger partial charge on any atom is 0.278 e. The zero-order valence-electron chi connectivity index (χ0n) is 16.6. The minimum Gasteiger partial charge on any atom is -0.362 e. The summed E-state index contributed by atoms with van der Waals surface area (Å²) in [6.07, 6.45) is 0.863. The summed E-state index contributed by atoms with van der Waals surface area (Å²) in [6, 6.07) is 27.5. The van der Waals surface area contributed by atoms with E-state index in [1.807, 2.05) is 66.7 Å². The van der Waals surface area contributed by atoms with Crippen molar-refractivity contribution in [2.75, 3.05) is 6.54 Å². The number of carbonyl (C=O) groups excluding carboxylic acids is 2. The molecule has 3 aromatic carbocycles. The van der Waals surface area contributed by atoms with Gasteiger partial charge in [0.05, 0.1) is 12.1 Å². The van der Waals surface area contributed by atoms with Gasteiger partial charge < -0.3 is 4.90 Å². The molecule has 2 amide bonds.